The predicted octanol–water partition coefficient (Wildman–Crippen LogP) is 2.14. The number of aromatic amines is 1. The number of rotatable bonds is 0. The fourth-order valence-electron chi connectivity index (χ4n) is 1.56. The van der Waals surface area contributed by atoms with Gasteiger partial charge in [0, 0.05) is 6.20 Å². The summed E-state index contributed by atoms with van der Waals surface area (Å²) in [5.74, 6) is 0. The van der Waals surface area contributed by atoms with Crippen molar-refractivity contribution >= 4 is 10.8 Å². The van der Waals surface area contributed by atoms with Crippen molar-refractivity contribution in [2.45, 2.75) is 13.8 Å². The summed E-state index contributed by atoms with van der Waals surface area (Å²) >= 11 is 0. The van der Waals surface area contributed by atoms with Crippen LogP contribution in [-0.2, 0) is 0 Å². The van der Waals surface area contributed by atoms with E-state index in [1.54, 1.807) is 6.20 Å². The Bertz CT molecular complexity index is 511. The highest BCUT2D eigenvalue weighted by Crippen LogP contribution is 2.16. The van der Waals surface area contributed by atoms with Crippen molar-refractivity contribution in [3.05, 3.63) is 45.9 Å². The van der Waals surface area contributed by atoms with Crippen LogP contribution in [0.5, 0.6) is 0 Å². The van der Waals surface area contributed by atoms with Crippen molar-refractivity contribution in [1.82, 2.24) is 4.98 Å². The third-order valence-electron chi connectivity index (χ3n) is 2.47. The minimum Gasteiger partial charge on any atom is -0.329 e. The van der Waals surface area contributed by atoms with Crippen LogP contribution in [0.3, 0.4) is 0 Å². The zero-order chi connectivity index (χ0) is 9.42. The van der Waals surface area contributed by atoms with Gasteiger partial charge in [-0.3, -0.25) is 4.79 Å². The largest absolute Gasteiger partial charge is 0.329 e. The van der Waals surface area contributed by atoms with Crippen molar-refractivity contribution in [3.8, 4) is 0 Å². The zero-order valence-electron chi connectivity index (χ0n) is 7.72. The Morgan fingerprint density at radius 3 is 2.69 bits per heavy atom. The summed E-state index contributed by atoms with van der Waals surface area (Å²) in [4.78, 5) is 14.2. The van der Waals surface area contributed by atoms with Gasteiger partial charge in [0.15, 0.2) is 0 Å². The summed E-state index contributed by atoms with van der Waals surface area (Å²) in [6.45, 7) is 3.99. The topological polar surface area (TPSA) is 32.9 Å². The van der Waals surface area contributed by atoms with E-state index in [9.17, 15) is 4.79 Å². The van der Waals surface area contributed by atoms with Gasteiger partial charge >= 0.3 is 0 Å². The monoisotopic (exact) mass is 173 g/mol. The van der Waals surface area contributed by atoms with Crippen molar-refractivity contribution in [1.29, 1.82) is 0 Å². The molecule has 0 spiro atoms. The molecule has 0 aliphatic rings. The van der Waals surface area contributed by atoms with Crippen LogP contribution in [0.4, 0.5) is 0 Å². The number of hydrogen-bond donors (Lipinski definition) is 1. The lowest BCUT2D eigenvalue weighted by Crippen LogP contribution is -2.06. The molecule has 0 unspecified atom stereocenters. The van der Waals surface area contributed by atoms with E-state index in [1.807, 2.05) is 32.0 Å². The summed E-state index contributed by atoms with van der Waals surface area (Å²) < 4.78 is 0. The Balaban J connectivity index is 3.06. The lowest BCUT2D eigenvalue weighted by atomic mass is 10.0. The van der Waals surface area contributed by atoms with E-state index in [2.05, 4.69) is 4.98 Å². The number of aryl methyl sites for hydroxylation is 2. The summed E-state index contributed by atoms with van der Waals surface area (Å²) in [6, 6.07) is 5.94. The van der Waals surface area contributed by atoms with Crippen molar-refractivity contribution in [2.75, 3.05) is 0 Å². The number of aromatic nitrogens is 1. The van der Waals surface area contributed by atoms with Gasteiger partial charge in [-0.05, 0) is 36.4 Å². The molecule has 66 valence electrons. The minimum absolute atomic E-state index is 0.00120. The standard InChI is InChI=1S/C11H11NO/c1-7-3-4-9-5-6-12-11(13)10(9)8(7)2/h3-6H,1-2H3,(H,12,13). The van der Waals surface area contributed by atoms with Crippen molar-refractivity contribution in [3.63, 3.8) is 0 Å². The summed E-state index contributed by atoms with van der Waals surface area (Å²) in [5.41, 5.74) is 2.22. The van der Waals surface area contributed by atoms with E-state index in [4.69, 9.17) is 0 Å². The third kappa shape index (κ3) is 1.15. The van der Waals surface area contributed by atoms with Crippen LogP contribution in [0.2, 0.25) is 0 Å². The third-order valence-corrected chi connectivity index (χ3v) is 2.47. The molecule has 0 radical (unpaired) electrons. The second-order valence-electron chi connectivity index (χ2n) is 3.28. The average molecular weight is 173 g/mol. The van der Waals surface area contributed by atoms with Gasteiger partial charge in [-0.2, -0.15) is 0 Å². The summed E-state index contributed by atoms with van der Waals surface area (Å²) in [6.07, 6.45) is 1.68. The van der Waals surface area contributed by atoms with Gasteiger partial charge < -0.3 is 4.98 Å². The molecule has 1 aromatic heterocycles. The number of fused-ring (bicyclic) bond motifs is 1. The van der Waals surface area contributed by atoms with Gasteiger partial charge in [0.1, 0.15) is 0 Å². The quantitative estimate of drug-likeness (QED) is 0.650. The summed E-state index contributed by atoms with van der Waals surface area (Å²) in [5, 5.41) is 1.81. The molecule has 0 fully saturated rings. The molecule has 0 aliphatic carbocycles. The highest BCUT2D eigenvalue weighted by atomic mass is 16.1. The second-order valence-corrected chi connectivity index (χ2v) is 3.28. The Labute approximate surface area is 76.2 Å². The zero-order valence-corrected chi connectivity index (χ0v) is 7.72. The maximum Gasteiger partial charge on any atom is 0.256 e. The number of benzene rings is 1. The number of pyridine rings is 1. The Kier molecular flexibility index (Phi) is 1.69. The van der Waals surface area contributed by atoms with Gasteiger partial charge in [0.2, 0.25) is 0 Å². The van der Waals surface area contributed by atoms with Gasteiger partial charge in [-0.1, -0.05) is 12.1 Å². The van der Waals surface area contributed by atoms with Crippen LogP contribution in [-0.4, -0.2) is 4.98 Å². The van der Waals surface area contributed by atoms with E-state index in [-0.39, 0.29) is 5.56 Å². The fraction of sp³-hybridized carbons (Fsp3) is 0.182. The van der Waals surface area contributed by atoms with Crippen LogP contribution in [0.15, 0.2) is 29.2 Å². The first-order valence-corrected chi connectivity index (χ1v) is 4.28. The maximum absolute atomic E-state index is 11.5. The molecule has 1 heterocycles. The second kappa shape index (κ2) is 2.73. The normalized spacial score (nSPS) is 10.6. The van der Waals surface area contributed by atoms with Gasteiger partial charge in [0.25, 0.3) is 5.56 Å². The molecule has 0 atom stereocenters. The fourth-order valence-corrected chi connectivity index (χ4v) is 1.56. The van der Waals surface area contributed by atoms with E-state index in [0.717, 1.165) is 21.9 Å². The van der Waals surface area contributed by atoms with Crippen LogP contribution >= 0.6 is 0 Å². The average Bonchev–Trinajstić information content (AvgIpc) is 2.12. The maximum atomic E-state index is 11.5. The Hall–Kier alpha value is -1.57. The van der Waals surface area contributed by atoms with Crippen LogP contribution < -0.4 is 5.56 Å². The molecule has 0 amide bonds. The number of hydrogen-bond acceptors (Lipinski definition) is 1. The molecule has 2 aromatic rings. The molecule has 2 nitrogen and oxygen atoms in total. The van der Waals surface area contributed by atoms with E-state index in [0.29, 0.717) is 0 Å². The molecule has 2 rings (SSSR count). The first kappa shape index (κ1) is 8.05. The SMILES string of the molecule is Cc1ccc2cc[nH]c(=O)c2c1C. The van der Waals surface area contributed by atoms with Crippen LogP contribution in [0.25, 0.3) is 10.8 Å². The van der Waals surface area contributed by atoms with Gasteiger partial charge in [-0.15, -0.1) is 0 Å². The molecule has 13 heavy (non-hydrogen) atoms. The molecule has 0 saturated heterocycles. The molecular formula is C11H11NO. The van der Waals surface area contributed by atoms with E-state index in [1.165, 1.54) is 0 Å². The predicted molar refractivity (Wildman–Crippen MR) is 54.0 cm³/mol. The highest BCUT2D eigenvalue weighted by Gasteiger charge is 2.02. The molecule has 0 saturated carbocycles. The smallest absolute Gasteiger partial charge is 0.256 e. The van der Waals surface area contributed by atoms with Crippen LogP contribution in [0, 0.1) is 13.8 Å². The lowest BCUT2D eigenvalue weighted by Gasteiger charge is -2.03. The van der Waals surface area contributed by atoms with Crippen molar-refractivity contribution in [2.24, 2.45) is 0 Å². The first-order chi connectivity index (χ1) is 6.20. The first-order valence-electron chi connectivity index (χ1n) is 4.28. The Morgan fingerprint density at radius 2 is 1.92 bits per heavy atom. The van der Waals surface area contributed by atoms with Crippen molar-refractivity contribution < 1.29 is 0 Å². The molecule has 1 N–H and O–H groups in total. The molecular weight excluding hydrogens is 162 g/mol. The van der Waals surface area contributed by atoms with Crippen LogP contribution in [0.1, 0.15) is 11.1 Å². The van der Waals surface area contributed by atoms with Gasteiger partial charge in [0.05, 0.1) is 5.39 Å². The molecule has 2 heteroatoms. The van der Waals surface area contributed by atoms with E-state index < -0.39 is 0 Å². The van der Waals surface area contributed by atoms with E-state index >= 15 is 0 Å². The molecule has 1 aromatic carbocycles. The Morgan fingerprint density at radius 1 is 1.15 bits per heavy atom. The molecule has 0 aliphatic heterocycles. The summed E-state index contributed by atoms with van der Waals surface area (Å²) in [7, 11) is 0. The number of nitrogens with one attached hydrogen (secondary N) is 1. The molecule has 0 bridgehead atoms. The minimum atomic E-state index is -0.00120. The number of H-pyrrole nitrogens is 1. The van der Waals surface area contributed by atoms with Gasteiger partial charge in [-0.25, -0.2) is 0 Å². The highest BCUT2D eigenvalue weighted by molar-refractivity contribution is 5.85. The lowest BCUT2D eigenvalue weighted by molar-refractivity contribution is 1.25.